The first kappa shape index (κ1) is 16.0. The topological polar surface area (TPSA) is 54.0 Å². The van der Waals surface area contributed by atoms with Crippen molar-refractivity contribution in [3.63, 3.8) is 0 Å². The van der Waals surface area contributed by atoms with Crippen molar-refractivity contribution in [1.29, 1.82) is 0 Å². The van der Waals surface area contributed by atoms with Crippen molar-refractivity contribution in [2.75, 3.05) is 17.2 Å². The normalized spacial score (nSPS) is 10.5. The van der Waals surface area contributed by atoms with E-state index in [0.717, 1.165) is 24.5 Å². The average Bonchev–Trinajstić information content (AvgIpc) is 2.53. The second-order valence-corrected chi connectivity index (χ2v) is 5.74. The van der Waals surface area contributed by atoms with Crippen LogP contribution in [0.15, 0.2) is 48.7 Å². The minimum atomic E-state index is 0.00791. The summed E-state index contributed by atoms with van der Waals surface area (Å²) in [5, 5.41) is 6.12. The molecule has 4 heteroatoms. The van der Waals surface area contributed by atoms with E-state index < -0.39 is 0 Å². The zero-order chi connectivity index (χ0) is 15.8. The number of hydrogen-bond acceptors (Lipinski definition) is 3. The number of aromatic nitrogens is 1. The van der Waals surface area contributed by atoms with Crippen molar-refractivity contribution in [2.24, 2.45) is 5.92 Å². The van der Waals surface area contributed by atoms with Gasteiger partial charge in [0.25, 0.3) is 0 Å². The van der Waals surface area contributed by atoms with Gasteiger partial charge in [-0.1, -0.05) is 44.2 Å². The zero-order valence-corrected chi connectivity index (χ0v) is 13.2. The molecule has 1 heterocycles. The van der Waals surface area contributed by atoms with Crippen LogP contribution in [-0.2, 0) is 11.2 Å². The Balaban J connectivity index is 1.79. The number of rotatable bonds is 7. The number of carbonyl (C=O) groups excluding carboxylic acids is 1. The quantitative estimate of drug-likeness (QED) is 0.819. The number of amides is 1. The molecule has 0 spiro atoms. The van der Waals surface area contributed by atoms with Crippen LogP contribution in [0.25, 0.3) is 0 Å². The molecule has 0 radical (unpaired) electrons. The molecular weight excluding hydrogens is 274 g/mol. The maximum absolute atomic E-state index is 11.9. The molecule has 0 unspecified atom stereocenters. The number of pyridine rings is 1. The molecular formula is C18H23N3O. The predicted octanol–water partition coefficient (Wildman–Crippen LogP) is 3.72. The van der Waals surface area contributed by atoms with Gasteiger partial charge >= 0.3 is 0 Å². The first-order valence-corrected chi connectivity index (χ1v) is 7.67. The van der Waals surface area contributed by atoms with Gasteiger partial charge in [0, 0.05) is 13.0 Å². The van der Waals surface area contributed by atoms with Crippen LogP contribution in [0.3, 0.4) is 0 Å². The van der Waals surface area contributed by atoms with Gasteiger partial charge in [0.2, 0.25) is 5.91 Å². The molecule has 2 N–H and O–H groups in total. The standard InChI is InChI=1S/C18H23N3O/c1-14(2)12-19-17-10-9-16(13-20-17)21-18(22)11-8-15-6-4-3-5-7-15/h3-7,9-10,13-14H,8,11-12H2,1-2H3,(H,19,20)(H,21,22). The zero-order valence-electron chi connectivity index (χ0n) is 13.2. The van der Waals surface area contributed by atoms with Gasteiger partial charge in [0.1, 0.15) is 5.82 Å². The van der Waals surface area contributed by atoms with E-state index in [9.17, 15) is 4.79 Å². The van der Waals surface area contributed by atoms with Gasteiger partial charge in [0.15, 0.2) is 0 Å². The van der Waals surface area contributed by atoms with E-state index in [2.05, 4.69) is 29.5 Å². The van der Waals surface area contributed by atoms with Crippen molar-refractivity contribution in [3.8, 4) is 0 Å². The summed E-state index contributed by atoms with van der Waals surface area (Å²) in [6, 6.07) is 13.8. The van der Waals surface area contributed by atoms with E-state index in [1.54, 1.807) is 6.20 Å². The molecule has 0 fully saturated rings. The first-order valence-electron chi connectivity index (χ1n) is 7.67. The van der Waals surface area contributed by atoms with Crippen molar-refractivity contribution >= 4 is 17.4 Å². The molecule has 0 atom stereocenters. The number of aryl methyl sites for hydroxylation is 1. The third-order valence-corrected chi connectivity index (χ3v) is 3.22. The number of nitrogens with zero attached hydrogens (tertiary/aromatic N) is 1. The number of hydrogen-bond donors (Lipinski definition) is 2. The van der Waals surface area contributed by atoms with Crippen LogP contribution in [0, 0.1) is 5.92 Å². The van der Waals surface area contributed by atoms with Gasteiger partial charge in [-0.05, 0) is 30.0 Å². The Morgan fingerprint density at radius 2 is 1.91 bits per heavy atom. The molecule has 4 nitrogen and oxygen atoms in total. The third-order valence-electron chi connectivity index (χ3n) is 3.22. The van der Waals surface area contributed by atoms with Crippen LogP contribution in [-0.4, -0.2) is 17.4 Å². The summed E-state index contributed by atoms with van der Waals surface area (Å²) < 4.78 is 0. The lowest BCUT2D eigenvalue weighted by atomic mass is 10.1. The summed E-state index contributed by atoms with van der Waals surface area (Å²) in [4.78, 5) is 16.2. The molecule has 116 valence electrons. The second-order valence-electron chi connectivity index (χ2n) is 5.74. The van der Waals surface area contributed by atoms with Crippen molar-refractivity contribution in [3.05, 3.63) is 54.2 Å². The van der Waals surface area contributed by atoms with Crippen molar-refractivity contribution in [1.82, 2.24) is 4.98 Å². The van der Waals surface area contributed by atoms with Gasteiger partial charge in [-0.25, -0.2) is 4.98 Å². The van der Waals surface area contributed by atoms with Crippen LogP contribution in [0.4, 0.5) is 11.5 Å². The van der Waals surface area contributed by atoms with Gasteiger partial charge in [-0.15, -0.1) is 0 Å². The van der Waals surface area contributed by atoms with Gasteiger partial charge in [-0.3, -0.25) is 4.79 Å². The maximum Gasteiger partial charge on any atom is 0.224 e. The van der Waals surface area contributed by atoms with Gasteiger partial charge in [-0.2, -0.15) is 0 Å². The molecule has 0 aliphatic rings. The monoisotopic (exact) mass is 297 g/mol. The Hall–Kier alpha value is -2.36. The minimum absolute atomic E-state index is 0.00791. The minimum Gasteiger partial charge on any atom is -0.370 e. The highest BCUT2D eigenvalue weighted by molar-refractivity contribution is 5.90. The molecule has 0 bridgehead atoms. The summed E-state index contributed by atoms with van der Waals surface area (Å²) in [7, 11) is 0. The van der Waals surface area contributed by atoms with Crippen molar-refractivity contribution < 1.29 is 4.79 Å². The van der Waals surface area contributed by atoms with E-state index in [1.807, 2.05) is 42.5 Å². The molecule has 2 aromatic rings. The average molecular weight is 297 g/mol. The molecule has 0 aliphatic carbocycles. The molecule has 22 heavy (non-hydrogen) atoms. The van der Waals surface area contributed by atoms with E-state index in [-0.39, 0.29) is 5.91 Å². The highest BCUT2D eigenvalue weighted by Crippen LogP contribution is 2.11. The highest BCUT2D eigenvalue weighted by atomic mass is 16.1. The van der Waals surface area contributed by atoms with E-state index in [0.29, 0.717) is 12.3 Å². The van der Waals surface area contributed by atoms with Crippen LogP contribution in [0.5, 0.6) is 0 Å². The lowest BCUT2D eigenvalue weighted by Gasteiger charge is -2.09. The Bertz CT molecular complexity index is 579. The van der Waals surface area contributed by atoms with Crippen LogP contribution in [0.1, 0.15) is 25.8 Å². The largest absolute Gasteiger partial charge is 0.370 e. The Kier molecular flexibility index (Phi) is 5.95. The molecule has 1 amide bonds. The summed E-state index contributed by atoms with van der Waals surface area (Å²) in [6.45, 7) is 5.18. The summed E-state index contributed by atoms with van der Waals surface area (Å²) in [6.07, 6.45) is 2.90. The molecule has 1 aromatic carbocycles. The summed E-state index contributed by atoms with van der Waals surface area (Å²) in [5.74, 6) is 1.41. The first-order chi connectivity index (χ1) is 10.6. The lowest BCUT2D eigenvalue weighted by Crippen LogP contribution is -2.13. The SMILES string of the molecule is CC(C)CNc1ccc(NC(=O)CCc2ccccc2)cn1. The van der Waals surface area contributed by atoms with Crippen molar-refractivity contribution in [2.45, 2.75) is 26.7 Å². The van der Waals surface area contributed by atoms with Crippen LogP contribution in [0.2, 0.25) is 0 Å². The Morgan fingerprint density at radius 3 is 2.55 bits per heavy atom. The molecule has 0 aliphatic heterocycles. The summed E-state index contributed by atoms with van der Waals surface area (Å²) in [5.41, 5.74) is 1.90. The fourth-order valence-electron chi connectivity index (χ4n) is 2.01. The van der Waals surface area contributed by atoms with E-state index in [4.69, 9.17) is 0 Å². The van der Waals surface area contributed by atoms with Crippen LogP contribution >= 0.6 is 0 Å². The number of benzene rings is 1. The lowest BCUT2D eigenvalue weighted by molar-refractivity contribution is -0.116. The summed E-state index contributed by atoms with van der Waals surface area (Å²) >= 11 is 0. The maximum atomic E-state index is 11.9. The highest BCUT2D eigenvalue weighted by Gasteiger charge is 2.04. The number of nitrogens with one attached hydrogen (secondary N) is 2. The fourth-order valence-corrected chi connectivity index (χ4v) is 2.01. The second kappa shape index (κ2) is 8.17. The third kappa shape index (κ3) is 5.56. The Labute approximate surface area is 132 Å². The molecule has 2 rings (SSSR count). The predicted molar refractivity (Wildman–Crippen MR) is 91.0 cm³/mol. The number of carbonyl (C=O) groups is 1. The number of anilines is 2. The Morgan fingerprint density at radius 1 is 1.14 bits per heavy atom. The van der Waals surface area contributed by atoms with Gasteiger partial charge < -0.3 is 10.6 Å². The van der Waals surface area contributed by atoms with E-state index in [1.165, 1.54) is 5.56 Å². The molecule has 0 saturated carbocycles. The van der Waals surface area contributed by atoms with E-state index >= 15 is 0 Å². The molecule has 1 aromatic heterocycles. The molecule has 0 saturated heterocycles. The smallest absolute Gasteiger partial charge is 0.224 e. The fraction of sp³-hybridized carbons (Fsp3) is 0.333. The van der Waals surface area contributed by atoms with Gasteiger partial charge in [0.05, 0.1) is 11.9 Å². The van der Waals surface area contributed by atoms with Crippen LogP contribution < -0.4 is 10.6 Å².